The number of rotatable bonds is 4. The lowest BCUT2D eigenvalue weighted by Crippen LogP contribution is -2.33. The standard InChI is InChI=1S/C20H22N2O4/c1-20(2)8-7-13-14(10-20)11-5-3-4-6-12(11)17(18(13)24)22-15(19(25)26)9-16(21)23/h3-6,15H,7-10H2,1-2H3,(H2,21,23)(H,25,26)/b22-17-. The molecule has 1 aromatic rings. The van der Waals surface area contributed by atoms with E-state index in [-0.39, 0.29) is 16.9 Å². The molecule has 1 amide bonds. The zero-order chi connectivity index (χ0) is 19.1. The van der Waals surface area contributed by atoms with Gasteiger partial charge in [-0.1, -0.05) is 38.1 Å². The number of hydrogen-bond acceptors (Lipinski definition) is 4. The largest absolute Gasteiger partial charge is 0.480 e. The van der Waals surface area contributed by atoms with Gasteiger partial charge in [0.1, 0.15) is 5.71 Å². The summed E-state index contributed by atoms with van der Waals surface area (Å²) in [6.07, 6.45) is 1.88. The molecular weight excluding hydrogens is 332 g/mol. The van der Waals surface area contributed by atoms with Crippen molar-refractivity contribution >= 4 is 28.9 Å². The number of fused-ring (bicyclic) bond motifs is 2. The van der Waals surface area contributed by atoms with Crippen molar-refractivity contribution in [1.29, 1.82) is 0 Å². The number of carbonyl (C=O) groups excluding carboxylic acids is 2. The number of Topliss-reactive ketones (excluding diaryl/α,β-unsaturated/α-hetero) is 1. The molecule has 0 aromatic heterocycles. The quantitative estimate of drug-likeness (QED) is 0.864. The van der Waals surface area contributed by atoms with Crippen LogP contribution in [0, 0.1) is 5.41 Å². The predicted molar refractivity (Wildman–Crippen MR) is 97.8 cm³/mol. The Morgan fingerprint density at radius 3 is 2.50 bits per heavy atom. The summed E-state index contributed by atoms with van der Waals surface area (Å²) < 4.78 is 0. The van der Waals surface area contributed by atoms with E-state index in [2.05, 4.69) is 18.8 Å². The van der Waals surface area contributed by atoms with Crippen molar-refractivity contribution in [1.82, 2.24) is 0 Å². The number of aliphatic imine (C=N–C) groups is 1. The van der Waals surface area contributed by atoms with Crippen LogP contribution in [0.4, 0.5) is 0 Å². The minimum Gasteiger partial charge on any atom is -0.480 e. The van der Waals surface area contributed by atoms with Crippen LogP contribution in [0.25, 0.3) is 5.57 Å². The van der Waals surface area contributed by atoms with Gasteiger partial charge in [-0.25, -0.2) is 4.79 Å². The number of aliphatic carboxylic acids is 1. The monoisotopic (exact) mass is 354 g/mol. The van der Waals surface area contributed by atoms with Crippen LogP contribution in [0.5, 0.6) is 0 Å². The highest BCUT2D eigenvalue weighted by atomic mass is 16.4. The predicted octanol–water partition coefficient (Wildman–Crippen LogP) is 2.35. The fraction of sp³-hybridized carbons (Fsp3) is 0.400. The molecule has 0 radical (unpaired) electrons. The number of amides is 1. The van der Waals surface area contributed by atoms with E-state index < -0.39 is 24.3 Å². The molecule has 6 heteroatoms. The molecule has 1 unspecified atom stereocenters. The highest BCUT2D eigenvalue weighted by Gasteiger charge is 2.37. The first-order valence-electron chi connectivity index (χ1n) is 8.65. The van der Waals surface area contributed by atoms with E-state index in [1.807, 2.05) is 12.1 Å². The van der Waals surface area contributed by atoms with E-state index in [1.165, 1.54) is 0 Å². The molecule has 0 aliphatic heterocycles. The van der Waals surface area contributed by atoms with E-state index in [0.717, 1.165) is 24.0 Å². The summed E-state index contributed by atoms with van der Waals surface area (Å²) in [6.45, 7) is 4.36. The lowest BCUT2D eigenvalue weighted by Gasteiger charge is -2.36. The van der Waals surface area contributed by atoms with Crippen molar-refractivity contribution in [3.05, 3.63) is 41.0 Å². The maximum absolute atomic E-state index is 13.1. The normalized spacial score (nSPS) is 21.2. The second-order valence-electron chi connectivity index (χ2n) is 7.67. The van der Waals surface area contributed by atoms with Gasteiger partial charge in [-0.2, -0.15) is 0 Å². The molecule has 1 atom stereocenters. The summed E-state index contributed by atoms with van der Waals surface area (Å²) >= 11 is 0. The lowest BCUT2D eigenvalue weighted by atomic mass is 9.68. The van der Waals surface area contributed by atoms with Gasteiger partial charge in [0.25, 0.3) is 0 Å². The Balaban J connectivity index is 2.14. The summed E-state index contributed by atoms with van der Waals surface area (Å²) in [7, 11) is 0. The van der Waals surface area contributed by atoms with Crippen molar-refractivity contribution in [2.75, 3.05) is 0 Å². The minimum atomic E-state index is -1.36. The van der Waals surface area contributed by atoms with Gasteiger partial charge in [0.15, 0.2) is 6.04 Å². The average molecular weight is 354 g/mol. The molecule has 136 valence electrons. The number of nitrogens with two attached hydrogens (primary N) is 1. The highest BCUT2D eigenvalue weighted by molar-refractivity contribution is 6.54. The average Bonchev–Trinajstić information content (AvgIpc) is 2.56. The zero-order valence-corrected chi connectivity index (χ0v) is 14.9. The first kappa shape index (κ1) is 18.0. The van der Waals surface area contributed by atoms with Gasteiger partial charge in [-0.15, -0.1) is 0 Å². The Labute approximate surface area is 151 Å². The lowest BCUT2D eigenvalue weighted by molar-refractivity contribution is -0.140. The molecule has 0 heterocycles. The molecule has 1 aromatic carbocycles. The summed E-state index contributed by atoms with van der Waals surface area (Å²) in [5.74, 6) is -2.27. The molecule has 6 nitrogen and oxygen atoms in total. The molecule has 0 saturated heterocycles. The van der Waals surface area contributed by atoms with Crippen molar-refractivity contribution in [3.8, 4) is 0 Å². The Morgan fingerprint density at radius 2 is 1.88 bits per heavy atom. The number of ketones is 1. The van der Waals surface area contributed by atoms with Crippen LogP contribution in [0.3, 0.4) is 0 Å². The summed E-state index contributed by atoms with van der Waals surface area (Å²) in [5, 5.41) is 9.35. The van der Waals surface area contributed by atoms with Crippen LogP contribution in [-0.2, 0) is 14.4 Å². The zero-order valence-electron chi connectivity index (χ0n) is 14.9. The van der Waals surface area contributed by atoms with Gasteiger partial charge < -0.3 is 10.8 Å². The van der Waals surface area contributed by atoms with Crippen LogP contribution >= 0.6 is 0 Å². The number of carboxylic acid groups (broad SMARTS) is 1. The number of hydrogen-bond donors (Lipinski definition) is 2. The van der Waals surface area contributed by atoms with Gasteiger partial charge in [-0.05, 0) is 35.8 Å². The second kappa shape index (κ2) is 6.52. The van der Waals surface area contributed by atoms with Crippen molar-refractivity contribution in [3.63, 3.8) is 0 Å². The first-order chi connectivity index (χ1) is 12.2. The maximum atomic E-state index is 13.1. The van der Waals surface area contributed by atoms with Crippen molar-refractivity contribution < 1.29 is 19.5 Å². The number of primary amides is 1. The van der Waals surface area contributed by atoms with Crippen LogP contribution in [-0.4, -0.2) is 34.5 Å². The SMILES string of the molecule is CC1(C)CCC2=C(C1)c1ccccc1/C(=N/C(CC(N)=O)C(=O)O)C2=O. The Morgan fingerprint density at radius 1 is 1.23 bits per heavy atom. The second-order valence-corrected chi connectivity index (χ2v) is 7.67. The summed E-state index contributed by atoms with van der Waals surface area (Å²) in [4.78, 5) is 39.9. The molecule has 0 saturated carbocycles. The molecule has 0 fully saturated rings. The topological polar surface area (TPSA) is 110 Å². The Kier molecular flexibility index (Phi) is 4.52. The summed E-state index contributed by atoms with van der Waals surface area (Å²) in [5.41, 5.74) is 8.66. The molecule has 2 aliphatic rings. The van der Waals surface area contributed by atoms with E-state index in [1.54, 1.807) is 12.1 Å². The fourth-order valence-corrected chi connectivity index (χ4v) is 3.68. The molecule has 26 heavy (non-hydrogen) atoms. The number of nitrogens with zero attached hydrogens (tertiary/aromatic N) is 1. The first-order valence-corrected chi connectivity index (χ1v) is 8.65. The van der Waals surface area contributed by atoms with E-state index in [4.69, 9.17) is 5.73 Å². The molecule has 3 rings (SSSR count). The number of carboxylic acids is 1. The third-order valence-electron chi connectivity index (χ3n) is 5.03. The van der Waals surface area contributed by atoms with Gasteiger partial charge in [-0.3, -0.25) is 14.6 Å². The Bertz CT molecular complexity index is 864. The van der Waals surface area contributed by atoms with Crippen LogP contribution in [0.15, 0.2) is 34.8 Å². The van der Waals surface area contributed by atoms with Crippen molar-refractivity contribution in [2.45, 2.75) is 45.6 Å². The number of carbonyl (C=O) groups is 3. The third kappa shape index (κ3) is 3.31. The smallest absolute Gasteiger partial charge is 0.328 e. The molecule has 3 N–H and O–H groups in total. The third-order valence-corrected chi connectivity index (χ3v) is 5.03. The Hall–Kier alpha value is -2.76. The molecule has 2 aliphatic carbocycles. The molecular formula is C20H22N2O4. The van der Waals surface area contributed by atoms with Crippen molar-refractivity contribution in [2.24, 2.45) is 16.1 Å². The number of allylic oxidation sites excluding steroid dienone is 2. The van der Waals surface area contributed by atoms with Crippen LogP contribution in [0.2, 0.25) is 0 Å². The van der Waals surface area contributed by atoms with E-state index in [0.29, 0.717) is 17.6 Å². The molecule has 0 spiro atoms. The van der Waals surface area contributed by atoms with Gasteiger partial charge in [0.2, 0.25) is 11.7 Å². The highest BCUT2D eigenvalue weighted by Crippen LogP contribution is 2.46. The molecule has 0 bridgehead atoms. The van der Waals surface area contributed by atoms with Gasteiger partial charge >= 0.3 is 5.97 Å². The van der Waals surface area contributed by atoms with E-state index >= 15 is 0 Å². The fourth-order valence-electron chi connectivity index (χ4n) is 3.68. The number of benzene rings is 1. The minimum absolute atomic E-state index is 0.108. The van der Waals surface area contributed by atoms with Crippen LogP contribution in [0.1, 0.15) is 50.7 Å². The maximum Gasteiger partial charge on any atom is 0.328 e. The van der Waals surface area contributed by atoms with E-state index in [9.17, 15) is 19.5 Å². The van der Waals surface area contributed by atoms with Gasteiger partial charge in [0, 0.05) is 11.1 Å². The summed E-state index contributed by atoms with van der Waals surface area (Å²) in [6, 6.07) is 6.06. The van der Waals surface area contributed by atoms with Crippen LogP contribution < -0.4 is 5.73 Å². The van der Waals surface area contributed by atoms with Gasteiger partial charge in [0.05, 0.1) is 6.42 Å².